The van der Waals surface area contributed by atoms with Crippen molar-refractivity contribution in [3.05, 3.63) is 18.2 Å². The van der Waals surface area contributed by atoms with Gasteiger partial charge in [0.25, 0.3) is 0 Å². The van der Waals surface area contributed by atoms with Crippen molar-refractivity contribution in [2.75, 3.05) is 6.54 Å². The van der Waals surface area contributed by atoms with Gasteiger partial charge in [0.1, 0.15) is 5.82 Å². The van der Waals surface area contributed by atoms with Gasteiger partial charge in [-0.05, 0) is 0 Å². The summed E-state index contributed by atoms with van der Waals surface area (Å²) in [6, 6.07) is 2.13. The molecule has 0 N–H and O–H groups in total. The highest BCUT2D eigenvalue weighted by Gasteiger charge is 2.29. The second kappa shape index (κ2) is 3.73. The third-order valence-corrected chi connectivity index (χ3v) is 2.65. The Labute approximate surface area is 87.9 Å². The number of nitriles is 1. The SMILES string of the molecule is Cn1ccnc1CN1CC(C#N)CC1=O. The molecule has 1 aromatic rings. The molecule has 1 aliphatic heterocycles. The standard InChI is InChI=1S/C10H12N4O/c1-13-3-2-12-9(13)7-14-6-8(5-11)4-10(14)15/h2-3,8H,4,6-7H2,1H3. The highest BCUT2D eigenvalue weighted by atomic mass is 16.2. The number of imidazole rings is 1. The second-order valence-corrected chi connectivity index (χ2v) is 3.76. The monoisotopic (exact) mass is 204 g/mol. The van der Waals surface area contributed by atoms with Gasteiger partial charge in [-0.2, -0.15) is 5.26 Å². The van der Waals surface area contributed by atoms with Crippen molar-refractivity contribution < 1.29 is 4.79 Å². The first kappa shape index (κ1) is 9.71. The molecule has 0 spiro atoms. The predicted octanol–water partition coefficient (Wildman–Crippen LogP) is 0.292. The van der Waals surface area contributed by atoms with Gasteiger partial charge < -0.3 is 9.47 Å². The van der Waals surface area contributed by atoms with E-state index in [0.29, 0.717) is 19.5 Å². The number of amides is 1. The number of nitrogens with zero attached hydrogens (tertiary/aromatic N) is 4. The molecule has 15 heavy (non-hydrogen) atoms. The fraction of sp³-hybridized carbons (Fsp3) is 0.500. The molecule has 2 rings (SSSR count). The second-order valence-electron chi connectivity index (χ2n) is 3.76. The summed E-state index contributed by atoms with van der Waals surface area (Å²) in [7, 11) is 1.89. The van der Waals surface area contributed by atoms with Crippen LogP contribution in [-0.2, 0) is 18.4 Å². The van der Waals surface area contributed by atoms with Crippen molar-refractivity contribution in [3.8, 4) is 6.07 Å². The molecule has 2 heterocycles. The quantitative estimate of drug-likeness (QED) is 0.695. The van der Waals surface area contributed by atoms with Gasteiger partial charge in [0.15, 0.2) is 0 Å². The van der Waals surface area contributed by atoms with Crippen LogP contribution in [0.5, 0.6) is 0 Å². The van der Waals surface area contributed by atoms with Crippen LogP contribution in [0.25, 0.3) is 0 Å². The largest absolute Gasteiger partial charge is 0.337 e. The average molecular weight is 204 g/mol. The van der Waals surface area contributed by atoms with Crippen molar-refractivity contribution in [1.82, 2.24) is 14.5 Å². The first-order valence-electron chi connectivity index (χ1n) is 4.84. The summed E-state index contributed by atoms with van der Waals surface area (Å²) < 4.78 is 1.88. The summed E-state index contributed by atoms with van der Waals surface area (Å²) in [5.74, 6) is 0.740. The molecule has 0 saturated carbocycles. The van der Waals surface area contributed by atoms with Gasteiger partial charge in [-0.3, -0.25) is 4.79 Å². The minimum absolute atomic E-state index is 0.0459. The lowest BCUT2D eigenvalue weighted by Gasteiger charge is -2.14. The minimum atomic E-state index is -0.155. The minimum Gasteiger partial charge on any atom is -0.337 e. The Bertz CT molecular complexity index is 417. The molecule has 1 aliphatic rings. The Morgan fingerprint density at radius 3 is 3.07 bits per heavy atom. The van der Waals surface area contributed by atoms with E-state index in [4.69, 9.17) is 5.26 Å². The summed E-state index contributed by atoms with van der Waals surface area (Å²) in [4.78, 5) is 17.4. The number of carbonyl (C=O) groups excluding carboxylic acids is 1. The van der Waals surface area contributed by atoms with E-state index in [9.17, 15) is 4.79 Å². The van der Waals surface area contributed by atoms with Crippen LogP contribution in [0.2, 0.25) is 0 Å². The Morgan fingerprint density at radius 2 is 2.53 bits per heavy atom. The van der Waals surface area contributed by atoms with Crippen LogP contribution in [0.1, 0.15) is 12.2 Å². The number of aromatic nitrogens is 2. The molecule has 1 aromatic heterocycles. The molecule has 0 aliphatic carbocycles. The zero-order chi connectivity index (χ0) is 10.8. The van der Waals surface area contributed by atoms with Crippen LogP contribution in [-0.4, -0.2) is 26.9 Å². The molecule has 0 radical (unpaired) electrons. The topological polar surface area (TPSA) is 61.9 Å². The predicted molar refractivity (Wildman–Crippen MR) is 52.3 cm³/mol. The first-order valence-corrected chi connectivity index (χ1v) is 4.84. The zero-order valence-corrected chi connectivity index (χ0v) is 8.55. The number of hydrogen-bond acceptors (Lipinski definition) is 3. The van der Waals surface area contributed by atoms with Gasteiger partial charge in [0, 0.05) is 32.4 Å². The van der Waals surface area contributed by atoms with E-state index >= 15 is 0 Å². The lowest BCUT2D eigenvalue weighted by Crippen LogP contribution is -2.26. The smallest absolute Gasteiger partial charge is 0.224 e. The van der Waals surface area contributed by atoms with E-state index in [1.54, 1.807) is 11.1 Å². The molecule has 0 aromatic carbocycles. The fourth-order valence-corrected chi connectivity index (χ4v) is 1.73. The third-order valence-electron chi connectivity index (χ3n) is 2.65. The summed E-state index contributed by atoms with van der Waals surface area (Å²) >= 11 is 0. The van der Waals surface area contributed by atoms with Gasteiger partial charge in [-0.1, -0.05) is 0 Å². The van der Waals surface area contributed by atoms with Crippen LogP contribution in [0.3, 0.4) is 0 Å². The molecule has 5 nitrogen and oxygen atoms in total. The number of hydrogen-bond donors (Lipinski definition) is 0. The van der Waals surface area contributed by atoms with Gasteiger partial charge in [0.05, 0.1) is 18.5 Å². The van der Waals surface area contributed by atoms with Gasteiger partial charge >= 0.3 is 0 Å². The molecular weight excluding hydrogens is 192 g/mol. The zero-order valence-electron chi connectivity index (χ0n) is 8.55. The molecule has 1 saturated heterocycles. The molecular formula is C10H12N4O. The first-order chi connectivity index (χ1) is 7.20. The van der Waals surface area contributed by atoms with E-state index in [1.807, 2.05) is 17.8 Å². The van der Waals surface area contributed by atoms with Gasteiger partial charge in [-0.15, -0.1) is 0 Å². The molecule has 1 atom stereocenters. The molecule has 5 heteroatoms. The lowest BCUT2D eigenvalue weighted by molar-refractivity contribution is -0.128. The summed E-state index contributed by atoms with van der Waals surface area (Å²) in [6.07, 6.45) is 3.90. The average Bonchev–Trinajstić information content (AvgIpc) is 2.76. The van der Waals surface area contributed by atoms with E-state index in [0.717, 1.165) is 5.82 Å². The van der Waals surface area contributed by atoms with E-state index in [1.165, 1.54) is 0 Å². The van der Waals surface area contributed by atoms with E-state index < -0.39 is 0 Å². The van der Waals surface area contributed by atoms with Gasteiger partial charge in [0.2, 0.25) is 5.91 Å². The maximum Gasteiger partial charge on any atom is 0.224 e. The van der Waals surface area contributed by atoms with Crippen molar-refractivity contribution in [2.24, 2.45) is 13.0 Å². The van der Waals surface area contributed by atoms with Crippen LogP contribution >= 0.6 is 0 Å². The maximum absolute atomic E-state index is 11.5. The van der Waals surface area contributed by atoms with Crippen molar-refractivity contribution >= 4 is 5.91 Å². The normalized spacial score (nSPS) is 20.7. The van der Waals surface area contributed by atoms with Crippen molar-refractivity contribution in [2.45, 2.75) is 13.0 Å². The lowest BCUT2D eigenvalue weighted by atomic mass is 10.1. The Balaban J connectivity index is 2.05. The number of likely N-dealkylation sites (tertiary alicyclic amines) is 1. The number of rotatable bonds is 2. The van der Waals surface area contributed by atoms with E-state index in [-0.39, 0.29) is 11.8 Å². The fourth-order valence-electron chi connectivity index (χ4n) is 1.73. The van der Waals surface area contributed by atoms with Crippen LogP contribution in [0, 0.1) is 17.2 Å². The highest BCUT2D eigenvalue weighted by molar-refractivity contribution is 5.79. The van der Waals surface area contributed by atoms with Crippen LogP contribution < -0.4 is 0 Å². The molecule has 1 fully saturated rings. The highest BCUT2D eigenvalue weighted by Crippen LogP contribution is 2.18. The number of carbonyl (C=O) groups is 1. The Kier molecular flexibility index (Phi) is 2.42. The summed E-state index contributed by atoms with van der Waals surface area (Å²) in [5, 5.41) is 8.73. The van der Waals surface area contributed by atoms with Crippen LogP contribution in [0.4, 0.5) is 0 Å². The maximum atomic E-state index is 11.5. The molecule has 0 bridgehead atoms. The summed E-state index contributed by atoms with van der Waals surface area (Å²) in [5.41, 5.74) is 0. The Morgan fingerprint density at radius 1 is 1.73 bits per heavy atom. The molecule has 78 valence electrons. The number of aryl methyl sites for hydroxylation is 1. The van der Waals surface area contributed by atoms with Crippen molar-refractivity contribution in [3.63, 3.8) is 0 Å². The van der Waals surface area contributed by atoms with Gasteiger partial charge in [-0.25, -0.2) is 4.98 Å². The van der Waals surface area contributed by atoms with E-state index in [2.05, 4.69) is 11.1 Å². The molecule has 1 unspecified atom stereocenters. The molecule has 1 amide bonds. The van der Waals surface area contributed by atoms with Crippen LogP contribution in [0.15, 0.2) is 12.4 Å². The Hall–Kier alpha value is -1.83. The van der Waals surface area contributed by atoms with Crippen molar-refractivity contribution in [1.29, 1.82) is 5.26 Å². The third kappa shape index (κ3) is 1.84. The summed E-state index contributed by atoms with van der Waals surface area (Å²) in [6.45, 7) is 1.03.